The van der Waals surface area contributed by atoms with Gasteiger partial charge in [-0.05, 0) is 77.0 Å². The van der Waals surface area contributed by atoms with Crippen LogP contribution in [-0.4, -0.2) is 46.9 Å². The molecule has 3 unspecified atom stereocenters. The molecule has 0 saturated carbocycles. The standard InChI is InChI=1S/C57H97NO5/c1-4-7-10-13-16-19-22-25-27-29-31-33-36-39-42-45-48-53(63-57(62)50-47-44-41-38-35-32-30-28-26-23-20-17-14-11-8-5-2)51-56(61)58-54(52-59)55(60)49-46-43-40-37-34-24-21-18-15-12-9-6-3/h8,10-11,13,16-17,19-20,22,25-29,31,33,53-55,59-60H,4-7,9,12,14-15,18,21,23-24,30,32,34-52H2,1-3H3,(H,58,61)/b11-8+,13-10+,19-16+,20-17+,25-22+,28-26+,29-27+,33-31+. The predicted molar refractivity (Wildman–Crippen MR) is 273 cm³/mol. The average Bonchev–Trinajstić information content (AvgIpc) is 3.28. The van der Waals surface area contributed by atoms with Gasteiger partial charge in [0.1, 0.15) is 6.10 Å². The fourth-order valence-corrected chi connectivity index (χ4v) is 7.36. The Kier molecular flexibility index (Phi) is 47.2. The van der Waals surface area contributed by atoms with Crippen LogP contribution < -0.4 is 5.32 Å². The van der Waals surface area contributed by atoms with Crippen molar-refractivity contribution in [2.24, 2.45) is 0 Å². The lowest BCUT2D eigenvalue weighted by Crippen LogP contribution is -2.46. The second-order valence-electron chi connectivity index (χ2n) is 17.3. The number of unbranched alkanes of at least 4 members (excludes halogenated alkanes) is 21. The molecule has 63 heavy (non-hydrogen) atoms. The Morgan fingerprint density at radius 1 is 0.492 bits per heavy atom. The van der Waals surface area contributed by atoms with Crippen LogP contribution in [-0.2, 0) is 14.3 Å². The van der Waals surface area contributed by atoms with Crippen LogP contribution in [0.4, 0.5) is 0 Å². The lowest BCUT2D eigenvalue weighted by molar-refractivity contribution is -0.151. The van der Waals surface area contributed by atoms with Crippen LogP contribution in [0.3, 0.4) is 0 Å². The van der Waals surface area contributed by atoms with Crippen molar-refractivity contribution in [2.45, 2.75) is 244 Å². The van der Waals surface area contributed by atoms with E-state index in [1.165, 1.54) is 83.5 Å². The van der Waals surface area contributed by atoms with Gasteiger partial charge in [-0.15, -0.1) is 0 Å². The summed E-state index contributed by atoms with van der Waals surface area (Å²) in [6.07, 6.45) is 66.0. The van der Waals surface area contributed by atoms with Gasteiger partial charge in [0.2, 0.25) is 5.91 Å². The van der Waals surface area contributed by atoms with Crippen LogP contribution in [0.2, 0.25) is 0 Å². The maximum absolute atomic E-state index is 13.2. The maximum Gasteiger partial charge on any atom is 0.306 e. The van der Waals surface area contributed by atoms with Crippen LogP contribution in [0, 0.1) is 0 Å². The number of hydrogen-bond donors (Lipinski definition) is 3. The van der Waals surface area contributed by atoms with E-state index in [1.54, 1.807) is 0 Å². The molecule has 0 aliphatic heterocycles. The first-order chi connectivity index (χ1) is 31.0. The highest BCUT2D eigenvalue weighted by atomic mass is 16.5. The fourth-order valence-electron chi connectivity index (χ4n) is 7.36. The molecule has 0 rings (SSSR count). The highest BCUT2D eigenvalue weighted by molar-refractivity contribution is 5.77. The van der Waals surface area contributed by atoms with Gasteiger partial charge in [0, 0.05) is 6.42 Å². The number of amides is 1. The summed E-state index contributed by atoms with van der Waals surface area (Å²) in [6.45, 7) is 6.26. The van der Waals surface area contributed by atoms with E-state index in [2.05, 4.69) is 86.8 Å². The number of esters is 1. The molecule has 6 heteroatoms. The summed E-state index contributed by atoms with van der Waals surface area (Å²) in [5, 5.41) is 23.8. The molecule has 1 amide bonds. The third-order valence-electron chi connectivity index (χ3n) is 11.3. The Labute approximate surface area is 388 Å². The Hall–Kier alpha value is -3.22. The highest BCUT2D eigenvalue weighted by Gasteiger charge is 2.24. The van der Waals surface area contributed by atoms with Crippen molar-refractivity contribution in [2.75, 3.05) is 6.61 Å². The van der Waals surface area contributed by atoms with Crippen molar-refractivity contribution in [3.8, 4) is 0 Å². The summed E-state index contributed by atoms with van der Waals surface area (Å²) in [5.74, 6) is -0.537. The summed E-state index contributed by atoms with van der Waals surface area (Å²) in [7, 11) is 0. The Balaban J connectivity index is 4.73. The summed E-state index contributed by atoms with van der Waals surface area (Å²) >= 11 is 0. The average molecular weight is 876 g/mol. The quantitative estimate of drug-likeness (QED) is 0.0245. The lowest BCUT2D eigenvalue weighted by Gasteiger charge is -2.24. The van der Waals surface area contributed by atoms with Gasteiger partial charge in [-0.25, -0.2) is 0 Å². The molecule has 0 bridgehead atoms. The number of carbonyl (C=O) groups is 2. The molecule has 360 valence electrons. The Bertz CT molecular complexity index is 1260. The monoisotopic (exact) mass is 876 g/mol. The molecule has 0 heterocycles. The van der Waals surface area contributed by atoms with Crippen molar-refractivity contribution >= 4 is 11.9 Å². The van der Waals surface area contributed by atoms with Gasteiger partial charge in [-0.1, -0.05) is 234 Å². The number of rotatable bonds is 45. The third-order valence-corrected chi connectivity index (χ3v) is 11.3. The summed E-state index contributed by atoms with van der Waals surface area (Å²) in [4.78, 5) is 26.2. The Morgan fingerprint density at radius 2 is 0.952 bits per heavy atom. The number of carbonyl (C=O) groups excluding carboxylic acids is 2. The molecule has 0 aromatic carbocycles. The first kappa shape index (κ1) is 59.8. The molecule has 0 spiro atoms. The molecule has 0 aromatic heterocycles. The van der Waals surface area contributed by atoms with Crippen LogP contribution in [0.15, 0.2) is 97.2 Å². The van der Waals surface area contributed by atoms with E-state index >= 15 is 0 Å². The molecule has 0 aliphatic rings. The van der Waals surface area contributed by atoms with Gasteiger partial charge in [0.15, 0.2) is 0 Å². The first-order valence-electron chi connectivity index (χ1n) is 26.0. The second-order valence-corrected chi connectivity index (χ2v) is 17.3. The smallest absolute Gasteiger partial charge is 0.306 e. The molecule has 3 atom stereocenters. The van der Waals surface area contributed by atoms with Gasteiger partial charge >= 0.3 is 5.97 Å². The van der Waals surface area contributed by atoms with E-state index in [0.717, 1.165) is 96.3 Å². The van der Waals surface area contributed by atoms with Crippen molar-refractivity contribution in [1.29, 1.82) is 0 Å². The van der Waals surface area contributed by atoms with Gasteiger partial charge in [-0.2, -0.15) is 0 Å². The van der Waals surface area contributed by atoms with E-state index < -0.39 is 18.2 Å². The molecule has 0 saturated heterocycles. The highest BCUT2D eigenvalue weighted by Crippen LogP contribution is 2.17. The topological polar surface area (TPSA) is 95.9 Å². The molecule has 6 nitrogen and oxygen atoms in total. The van der Waals surface area contributed by atoms with Crippen molar-refractivity contribution in [3.05, 3.63) is 97.2 Å². The normalized spacial score (nSPS) is 14.0. The molecule has 0 fully saturated rings. The molecular formula is C57H97NO5. The van der Waals surface area contributed by atoms with Gasteiger partial charge in [-0.3, -0.25) is 9.59 Å². The van der Waals surface area contributed by atoms with Crippen molar-refractivity contribution in [3.63, 3.8) is 0 Å². The first-order valence-corrected chi connectivity index (χ1v) is 26.0. The van der Waals surface area contributed by atoms with Gasteiger partial charge < -0.3 is 20.3 Å². The molecule has 0 aliphatic carbocycles. The number of aliphatic hydroxyl groups is 2. The molecule has 0 aromatic rings. The third kappa shape index (κ3) is 45.2. The summed E-state index contributed by atoms with van der Waals surface area (Å²) in [5.41, 5.74) is 0. The SMILES string of the molecule is CC/C=C/C/C=C/C/C=C/CCCCCCCCC(=O)OC(CCCCC/C=C/C=C/C=C/C=C/C=C/CCC)CC(=O)NC(CO)C(O)CCCCCCCCCCCCCC. The van der Waals surface area contributed by atoms with Crippen molar-refractivity contribution in [1.82, 2.24) is 5.32 Å². The zero-order valence-corrected chi connectivity index (χ0v) is 40.9. The van der Waals surface area contributed by atoms with Gasteiger partial charge in [0.05, 0.1) is 25.2 Å². The fraction of sp³-hybridized carbons (Fsp3) is 0.684. The van der Waals surface area contributed by atoms with Crippen LogP contribution >= 0.6 is 0 Å². The van der Waals surface area contributed by atoms with Crippen LogP contribution in [0.25, 0.3) is 0 Å². The molecule has 0 radical (unpaired) electrons. The summed E-state index contributed by atoms with van der Waals surface area (Å²) < 4.78 is 5.92. The van der Waals surface area contributed by atoms with Crippen molar-refractivity contribution < 1.29 is 24.5 Å². The minimum absolute atomic E-state index is 0.0387. The Morgan fingerprint density at radius 3 is 1.52 bits per heavy atom. The maximum atomic E-state index is 13.2. The minimum Gasteiger partial charge on any atom is -0.462 e. The lowest BCUT2D eigenvalue weighted by atomic mass is 10.0. The number of hydrogen-bond acceptors (Lipinski definition) is 5. The number of nitrogens with one attached hydrogen (secondary N) is 1. The second kappa shape index (κ2) is 49.8. The van der Waals surface area contributed by atoms with E-state index in [-0.39, 0.29) is 24.9 Å². The van der Waals surface area contributed by atoms with Crippen LogP contribution in [0.5, 0.6) is 0 Å². The minimum atomic E-state index is -0.807. The molecular weight excluding hydrogens is 779 g/mol. The number of allylic oxidation sites excluding steroid dienone is 16. The van der Waals surface area contributed by atoms with E-state index in [1.807, 2.05) is 36.5 Å². The largest absolute Gasteiger partial charge is 0.462 e. The van der Waals surface area contributed by atoms with Crippen LogP contribution in [0.1, 0.15) is 226 Å². The summed E-state index contributed by atoms with van der Waals surface area (Å²) in [6, 6.07) is -0.724. The van der Waals surface area contributed by atoms with E-state index in [0.29, 0.717) is 19.3 Å². The number of aliphatic hydroxyl groups excluding tert-OH is 2. The van der Waals surface area contributed by atoms with E-state index in [4.69, 9.17) is 4.74 Å². The van der Waals surface area contributed by atoms with E-state index in [9.17, 15) is 19.8 Å². The zero-order valence-electron chi connectivity index (χ0n) is 40.9. The number of ether oxygens (including phenoxy) is 1. The molecule has 3 N–H and O–H groups in total. The van der Waals surface area contributed by atoms with Gasteiger partial charge in [0.25, 0.3) is 0 Å². The predicted octanol–water partition coefficient (Wildman–Crippen LogP) is 15.7. The zero-order chi connectivity index (χ0) is 45.9.